The Balaban J connectivity index is 4.93. The molecular weight excluding hydrogens is 500 g/mol. The van der Waals surface area contributed by atoms with Gasteiger partial charge in [0.15, 0.2) is 0 Å². The summed E-state index contributed by atoms with van der Waals surface area (Å²) in [7, 11) is 0. The van der Waals surface area contributed by atoms with Gasteiger partial charge in [-0.15, -0.1) is 0 Å². The van der Waals surface area contributed by atoms with Gasteiger partial charge in [-0.1, -0.05) is 20.8 Å². The monoisotopic (exact) mass is 536 g/mol. The minimum absolute atomic E-state index is 0.0565. The Kier molecular flexibility index (Phi) is 18.3. The zero-order chi connectivity index (χ0) is 28.1. The van der Waals surface area contributed by atoms with Gasteiger partial charge in [0.25, 0.3) is 0 Å². The van der Waals surface area contributed by atoms with Crippen LogP contribution < -0.4 is 11.1 Å². The molecule has 0 aliphatic carbocycles. The van der Waals surface area contributed by atoms with E-state index in [1.165, 1.54) is 4.90 Å². The normalized spacial score (nSPS) is 9.95. The number of nitrogens with zero attached hydrogens (tertiary/aromatic N) is 2. The highest BCUT2D eigenvalue weighted by Gasteiger charge is 2.21. The number of esters is 3. The Morgan fingerprint density at radius 1 is 0.595 bits per heavy atom. The van der Waals surface area contributed by atoms with Crippen molar-refractivity contribution in [2.24, 2.45) is 5.73 Å². The molecule has 0 radical (unpaired) electrons. The van der Waals surface area contributed by atoms with Gasteiger partial charge in [-0.2, -0.15) is 0 Å². The van der Waals surface area contributed by atoms with Crippen LogP contribution in [0.15, 0.2) is 0 Å². The van der Waals surface area contributed by atoms with Crippen LogP contribution in [0.5, 0.6) is 0 Å². The van der Waals surface area contributed by atoms with Crippen molar-refractivity contribution in [3.63, 3.8) is 0 Å². The highest BCUT2D eigenvalue weighted by molar-refractivity contribution is 5.71. The zero-order valence-electron chi connectivity index (χ0n) is 21.4. The molecule has 0 spiro atoms. The van der Waals surface area contributed by atoms with Gasteiger partial charge < -0.3 is 49.3 Å². The number of hydrogen-bond donors (Lipinski definition) is 2. The second-order valence-corrected chi connectivity index (χ2v) is 6.91. The lowest BCUT2D eigenvalue weighted by Crippen LogP contribution is -2.45. The van der Waals surface area contributed by atoms with Crippen LogP contribution in [0, 0.1) is 0 Å². The van der Waals surface area contributed by atoms with E-state index in [0.717, 1.165) is 4.90 Å². The fourth-order valence-corrected chi connectivity index (χ4v) is 2.26. The number of rotatable bonds is 17. The molecule has 0 atom stereocenters. The van der Waals surface area contributed by atoms with Crippen LogP contribution >= 0.6 is 0 Å². The summed E-state index contributed by atoms with van der Waals surface area (Å²) >= 11 is 0. The Bertz CT molecular complexity index is 749. The van der Waals surface area contributed by atoms with E-state index in [1.54, 1.807) is 20.8 Å². The number of carbonyl (C=O) groups excluding carboxylic acids is 6. The third-order valence-corrected chi connectivity index (χ3v) is 4.29. The highest BCUT2D eigenvalue weighted by atomic mass is 16.7. The second-order valence-electron chi connectivity index (χ2n) is 6.91. The van der Waals surface area contributed by atoms with Crippen molar-refractivity contribution in [2.45, 2.75) is 40.0 Å². The highest BCUT2D eigenvalue weighted by Crippen LogP contribution is 2.01. The number of alkyl carbamates (subject to hydrolysis) is 1. The van der Waals surface area contributed by atoms with Crippen LogP contribution in [0.4, 0.5) is 14.4 Å². The van der Waals surface area contributed by atoms with E-state index in [1.807, 2.05) is 0 Å². The van der Waals surface area contributed by atoms with Crippen molar-refractivity contribution >= 4 is 36.2 Å². The molecule has 0 aliphatic heterocycles. The van der Waals surface area contributed by atoms with Crippen LogP contribution in [0.1, 0.15) is 40.0 Å². The molecule has 0 unspecified atom stereocenters. The Morgan fingerprint density at radius 3 is 1.41 bits per heavy atom. The number of amides is 3. The van der Waals surface area contributed by atoms with E-state index in [-0.39, 0.29) is 58.5 Å². The van der Waals surface area contributed by atoms with E-state index in [0.29, 0.717) is 0 Å². The van der Waals surface area contributed by atoms with Crippen molar-refractivity contribution in [3.8, 4) is 0 Å². The molecule has 0 heterocycles. The average molecular weight is 537 g/mol. The first-order valence-corrected chi connectivity index (χ1v) is 11.6. The molecule has 37 heavy (non-hydrogen) atoms. The summed E-state index contributed by atoms with van der Waals surface area (Å²) in [6, 6.07) is 0. The summed E-state index contributed by atoms with van der Waals surface area (Å²) in [6.07, 6.45) is -2.31. The second kappa shape index (κ2) is 20.4. The predicted molar refractivity (Wildman–Crippen MR) is 123 cm³/mol. The first-order valence-electron chi connectivity index (χ1n) is 11.6. The van der Waals surface area contributed by atoms with Gasteiger partial charge >= 0.3 is 36.2 Å². The van der Waals surface area contributed by atoms with Gasteiger partial charge in [0.2, 0.25) is 20.4 Å². The van der Waals surface area contributed by atoms with Crippen molar-refractivity contribution in [2.75, 3.05) is 59.6 Å². The van der Waals surface area contributed by atoms with Crippen LogP contribution in [-0.4, -0.2) is 106 Å². The molecule has 16 nitrogen and oxygen atoms in total. The minimum atomic E-state index is -0.899. The fourth-order valence-electron chi connectivity index (χ4n) is 2.26. The lowest BCUT2D eigenvalue weighted by atomic mass is 10.4. The van der Waals surface area contributed by atoms with Crippen molar-refractivity contribution in [1.29, 1.82) is 0 Å². The first kappa shape index (κ1) is 33.2. The molecule has 0 aromatic heterocycles. The van der Waals surface area contributed by atoms with Crippen LogP contribution in [0.2, 0.25) is 0 Å². The molecule has 0 saturated carbocycles. The molecule has 0 aliphatic rings. The summed E-state index contributed by atoms with van der Waals surface area (Å²) < 4.78 is 28.5. The Morgan fingerprint density at radius 2 is 1.00 bits per heavy atom. The first-order chi connectivity index (χ1) is 17.7. The fraction of sp³-hybridized carbons (Fsp3) is 0.714. The Hall–Kier alpha value is -3.82. The maximum Gasteiger partial charge on any atom is 0.412 e. The van der Waals surface area contributed by atoms with Gasteiger partial charge in [0, 0.05) is 58.5 Å². The summed E-state index contributed by atoms with van der Waals surface area (Å²) in [5.41, 5.74) is 5.54. The van der Waals surface area contributed by atoms with E-state index in [2.05, 4.69) is 14.8 Å². The molecular formula is C21H36N4O12. The largest absolute Gasteiger partial charge is 0.428 e. The molecule has 3 amide bonds. The van der Waals surface area contributed by atoms with E-state index >= 15 is 0 Å². The number of nitrogens with one attached hydrogen (secondary N) is 1. The standard InChI is InChI=1S/C21H36N4O12/c1-4-16(26)32-13-35-19(29)23-8-10-25(21(31)37-15-34-18(28)6-3)12-11-24(9-7-22)20(30)36-14-33-17(27)5-2/h4-15,22H2,1-3H3,(H,23,29). The topological polar surface area (TPSA) is 202 Å². The molecule has 0 rings (SSSR count). The van der Waals surface area contributed by atoms with Crippen LogP contribution in [-0.2, 0) is 42.8 Å². The number of hydrogen-bond acceptors (Lipinski definition) is 13. The molecule has 16 heteroatoms. The summed E-state index contributed by atoms with van der Waals surface area (Å²) in [5.74, 6) is -1.67. The van der Waals surface area contributed by atoms with E-state index in [4.69, 9.17) is 24.7 Å². The minimum Gasteiger partial charge on any atom is -0.428 e. The van der Waals surface area contributed by atoms with Crippen molar-refractivity contribution in [1.82, 2.24) is 15.1 Å². The van der Waals surface area contributed by atoms with E-state index in [9.17, 15) is 28.8 Å². The van der Waals surface area contributed by atoms with Gasteiger partial charge in [-0.05, 0) is 0 Å². The van der Waals surface area contributed by atoms with Gasteiger partial charge in [-0.25, -0.2) is 14.4 Å². The number of ether oxygens (including phenoxy) is 6. The lowest BCUT2D eigenvalue weighted by molar-refractivity contribution is -0.153. The van der Waals surface area contributed by atoms with Crippen LogP contribution in [0.3, 0.4) is 0 Å². The van der Waals surface area contributed by atoms with Gasteiger partial charge in [0.1, 0.15) is 0 Å². The van der Waals surface area contributed by atoms with Crippen LogP contribution in [0.25, 0.3) is 0 Å². The quantitative estimate of drug-likeness (QED) is 0.146. The summed E-state index contributed by atoms with van der Waals surface area (Å²) in [5, 5.41) is 2.36. The zero-order valence-corrected chi connectivity index (χ0v) is 21.4. The maximum absolute atomic E-state index is 12.5. The summed E-state index contributed by atoms with van der Waals surface area (Å²) in [6.45, 7) is 2.76. The molecule has 3 N–H and O–H groups in total. The number of carbonyl (C=O) groups is 6. The van der Waals surface area contributed by atoms with E-state index < -0.39 is 56.6 Å². The molecule has 212 valence electrons. The smallest absolute Gasteiger partial charge is 0.412 e. The molecule has 0 saturated heterocycles. The van der Waals surface area contributed by atoms with Crippen molar-refractivity contribution < 1.29 is 57.2 Å². The van der Waals surface area contributed by atoms with Crippen molar-refractivity contribution in [3.05, 3.63) is 0 Å². The molecule has 0 aromatic rings. The van der Waals surface area contributed by atoms with Gasteiger partial charge in [-0.3, -0.25) is 14.4 Å². The Labute approximate surface area is 214 Å². The molecule has 0 aromatic carbocycles. The SMILES string of the molecule is CCC(=O)OCOC(=O)NCCN(CCN(CCN)C(=O)OCOC(=O)CC)C(=O)OCOC(=O)CC. The van der Waals surface area contributed by atoms with Gasteiger partial charge in [0.05, 0.1) is 0 Å². The third kappa shape index (κ3) is 16.5. The summed E-state index contributed by atoms with van der Waals surface area (Å²) in [4.78, 5) is 72.3. The lowest BCUT2D eigenvalue weighted by Gasteiger charge is -2.26. The predicted octanol–water partition coefficient (Wildman–Crippen LogP) is 0.281. The average Bonchev–Trinajstić information content (AvgIpc) is 2.88. The number of nitrogens with two attached hydrogens (primary N) is 1. The third-order valence-electron chi connectivity index (χ3n) is 4.29. The molecule has 0 fully saturated rings. The molecule has 0 bridgehead atoms. The maximum atomic E-state index is 12.5.